The van der Waals surface area contributed by atoms with Crippen LogP contribution in [0.25, 0.3) is 0 Å². The van der Waals surface area contributed by atoms with Crippen molar-refractivity contribution in [2.45, 2.75) is 63.9 Å². The minimum atomic E-state index is -1.04. The fraction of sp³-hybridized carbons (Fsp3) is 0.792. The zero-order chi connectivity index (χ0) is 23.9. The van der Waals surface area contributed by atoms with Gasteiger partial charge in [-0.05, 0) is 71.6 Å². The smallest absolute Gasteiger partial charge is 0.353 e. The molecular formula is C24H37N3O5S. The van der Waals surface area contributed by atoms with Crippen molar-refractivity contribution in [3.05, 3.63) is 10.6 Å². The normalized spacial score (nSPS) is 31.0. The molecule has 0 aromatic rings. The summed E-state index contributed by atoms with van der Waals surface area (Å²) < 4.78 is 0. The lowest BCUT2D eigenvalue weighted by molar-refractivity contribution is -0.163. The van der Waals surface area contributed by atoms with Crippen molar-refractivity contribution < 1.29 is 24.6 Å². The van der Waals surface area contributed by atoms with E-state index in [0.29, 0.717) is 17.7 Å². The van der Waals surface area contributed by atoms with E-state index in [1.54, 1.807) is 25.6 Å². The number of carboxylic acids is 1. The minimum Gasteiger partial charge on any atom is -0.477 e. The lowest BCUT2D eigenvalue weighted by atomic mass is 9.79. The highest BCUT2D eigenvalue weighted by Crippen LogP contribution is 2.52. The minimum absolute atomic E-state index is 0.0587. The van der Waals surface area contributed by atoms with Crippen LogP contribution in [0.15, 0.2) is 10.6 Å². The van der Waals surface area contributed by atoms with Crippen LogP contribution in [-0.4, -0.2) is 99.2 Å². The van der Waals surface area contributed by atoms with Crippen LogP contribution >= 0.6 is 11.8 Å². The average Bonchev–Trinajstić information content (AvgIpc) is 2.99. The maximum Gasteiger partial charge on any atom is 0.353 e. The number of hydrogen-bond acceptors (Lipinski definition) is 7. The zero-order valence-electron chi connectivity index (χ0n) is 19.9. The van der Waals surface area contributed by atoms with Crippen molar-refractivity contribution in [2.24, 2.45) is 17.8 Å². The molecule has 0 spiro atoms. The highest BCUT2D eigenvalue weighted by atomic mass is 32.2. The predicted octanol–water partition coefficient (Wildman–Crippen LogP) is 1.64. The van der Waals surface area contributed by atoms with E-state index < -0.39 is 18.0 Å². The Balaban J connectivity index is 1.29. The molecule has 0 saturated carbocycles. The molecule has 2 N–H and O–H groups in total. The number of ketones is 1. The molecule has 4 aliphatic heterocycles. The van der Waals surface area contributed by atoms with Crippen LogP contribution in [0.5, 0.6) is 0 Å². The van der Waals surface area contributed by atoms with E-state index in [-0.39, 0.29) is 29.3 Å². The predicted molar refractivity (Wildman–Crippen MR) is 127 cm³/mol. The van der Waals surface area contributed by atoms with Gasteiger partial charge in [-0.1, -0.05) is 6.92 Å². The van der Waals surface area contributed by atoms with E-state index in [9.17, 15) is 24.6 Å². The molecule has 3 saturated heterocycles. The first-order chi connectivity index (χ1) is 15.7. The van der Waals surface area contributed by atoms with Gasteiger partial charge in [0.1, 0.15) is 11.5 Å². The molecule has 3 fully saturated rings. The van der Waals surface area contributed by atoms with E-state index in [2.05, 4.69) is 9.80 Å². The first-order valence-corrected chi connectivity index (χ1v) is 13.1. The topological polar surface area (TPSA) is 101 Å². The summed E-state index contributed by atoms with van der Waals surface area (Å²) in [4.78, 5) is 42.9. The highest BCUT2D eigenvalue weighted by Gasteiger charge is 2.60. The van der Waals surface area contributed by atoms with E-state index in [4.69, 9.17) is 0 Å². The van der Waals surface area contributed by atoms with Crippen LogP contribution in [0.1, 0.15) is 46.5 Å². The summed E-state index contributed by atoms with van der Waals surface area (Å²) in [5.41, 5.74) is 0.138. The number of carbonyl (C=O) groups is 3. The number of carboxylic acid groups (broad SMARTS) is 1. The molecule has 4 atom stereocenters. The number of nitrogens with zero attached hydrogens (tertiary/aromatic N) is 3. The molecule has 0 aliphatic carbocycles. The van der Waals surface area contributed by atoms with Gasteiger partial charge in [0.15, 0.2) is 0 Å². The average molecular weight is 480 g/mol. The number of amides is 1. The van der Waals surface area contributed by atoms with Gasteiger partial charge in [-0.2, -0.15) is 0 Å². The monoisotopic (exact) mass is 479 g/mol. The number of aliphatic hydroxyl groups excluding tert-OH is 1. The van der Waals surface area contributed by atoms with E-state index in [1.807, 2.05) is 6.92 Å². The van der Waals surface area contributed by atoms with Gasteiger partial charge in [0, 0.05) is 22.6 Å². The van der Waals surface area contributed by atoms with E-state index in [0.717, 1.165) is 63.3 Å². The Morgan fingerprint density at radius 1 is 1.09 bits per heavy atom. The summed E-state index contributed by atoms with van der Waals surface area (Å²) in [6, 6.07) is -0.236. The van der Waals surface area contributed by atoms with Gasteiger partial charge in [0.05, 0.1) is 24.6 Å². The third-order valence-electron chi connectivity index (χ3n) is 7.81. The third-order valence-corrected chi connectivity index (χ3v) is 9.43. The number of Topliss-reactive ketones (excluding diaryl/α,β-unsaturated/α-hetero) is 1. The van der Waals surface area contributed by atoms with Gasteiger partial charge in [0.2, 0.25) is 5.91 Å². The summed E-state index contributed by atoms with van der Waals surface area (Å²) in [5, 5.41) is 20.2. The molecule has 4 aliphatic rings. The quantitative estimate of drug-likeness (QED) is 0.507. The standard InChI is InChI=1S/C24H37N3O5S/c1-14(28)12-25-8-4-17(5-9-25)13-26-10-6-18(7-11-26)33-22-15(2)20-19(16(3)29)23(30)27(20)21(22)24(31)32/h15-20,29H,4-13H2,1-3H3,(H,31,32)/t15-,16-,19-,20-/m1/s1. The molecule has 8 nitrogen and oxygen atoms in total. The molecule has 0 bridgehead atoms. The van der Waals surface area contributed by atoms with Crippen molar-refractivity contribution in [1.82, 2.24) is 14.7 Å². The summed E-state index contributed by atoms with van der Waals surface area (Å²) in [6.45, 7) is 11.0. The SMILES string of the molecule is CC(=O)CN1CCC(CN2CCC(SC3=C(C(=O)O)N4C(=O)[C@H]([C@@H](C)O)[C@H]4[C@H]3C)CC2)CC1. The second-order valence-electron chi connectivity index (χ2n) is 10.3. The molecule has 4 heterocycles. The number of likely N-dealkylation sites (tertiary alicyclic amines) is 2. The van der Waals surface area contributed by atoms with Gasteiger partial charge in [-0.25, -0.2) is 4.79 Å². The lowest BCUT2D eigenvalue weighted by Crippen LogP contribution is -2.63. The highest BCUT2D eigenvalue weighted by molar-refractivity contribution is 8.03. The summed E-state index contributed by atoms with van der Waals surface area (Å²) >= 11 is 1.65. The van der Waals surface area contributed by atoms with E-state index >= 15 is 0 Å². The van der Waals surface area contributed by atoms with Crippen LogP contribution in [0.2, 0.25) is 0 Å². The Kier molecular flexibility index (Phi) is 7.53. The molecule has 4 rings (SSSR count). The molecule has 9 heteroatoms. The molecule has 184 valence electrons. The number of rotatable bonds is 8. The molecule has 0 aromatic carbocycles. The summed E-state index contributed by atoms with van der Waals surface area (Å²) in [7, 11) is 0. The van der Waals surface area contributed by atoms with Crippen LogP contribution in [0, 0.1) is 17.8 Å². The maximum atomic E-state index is 12.5. The zero-order valence-corrected chi connectivity index (χ0v) is 20.7. The number of β-lactam (4-membered cyclic amide) rings is 1. The molecule has 33 heavy (non-hydrogen) atoms. The number of thioether (sulfide) groups is 1. The number of aliphatic carboxylic acids is 1. The largest absolute Gasteiger partial charge is 0.477 e. The molecular weight excluding hydrogens is 442 g/mol. The van der Waals surface area contributed by atoms with Gasteiger partial charge in [-0.15, -0.1) is 11.8 Å². The Morgan fingerprint density at radius 3 is 2.24 bits per heavy atom. The van der Waals surface area contributed by atoms with Gasteiger partial charge in [-0.3, -0.25) is 14.5 Å². The Bertz CT molecular complexity index is 815. The van der Waals surface area contributed by atoms with Gasteiger partial charge in [0.25, 0.3) is 0 Å². The Morgan fingerprint density at radius 2 is 1.70 bits per heavy atom. The molecule has 0 radical (unpaired) electrons. The number of piperidine rings is 2. The lowest BCUT2D eigenvalue weighted by Gasteiger charge is -2.46. The van der Waals surface area contributed by atoms with Crippen LogP contribution in [-0.2, 0) is 14.4 Å². The summed E-state index contributed by atoms with van der Waals surface area (Å²) in [6.07, 6.45) is 3.54. The number of aliphatic hydroxyl groups is 1. The second kappa shape index (κ2) is 10.1. The molecule has 0 unspecified atom stereocenters. The Labute approximate surface area is 200 Å². The number of carbonyl (C=O) groups excluding carboxylic acids is 2. The van der Waals surface area contributed by atoms with E-state index in [1.165, 1.54) is 4.90 Å². The maximum absolute atomic E-state index is 12.5. The van der Waals surface area contributed by atoms with Crippen molar-refractivity contribution in [3.8, 4) is 0 Å². The van der Waals surface area contributed by atoms with Crippen molar-refractivity contribution in [3.63, 3.8) is 0 Å². The van der Waals surface area contributed by atoms with Crippen molar-refractivity contribution in [2.75, 3.05) is 39.3 Å². The third kappa shape index (κ3) is 5.01. The van der Waals surface area contributed by atoms with Crippen molar-refractivity contribution in [1.29, 1.82) is 0 Å². The molecule has 0 aromatic heterocycles. The van der Waals surface area contributed by atoms with Crippen LogP contribution < -0.4 is 0 Å². The Hall–Kier alpha value is -1.42. The summed E-state index contributed by atoms with van der Waals surface area (Å²) in [5.74, 6) is -0.952. The number of hydrogen-bond donors (Lipinski definition) is 2. The van der Waals surface area contributed by atoms with Gasteiger partial charge < -0.3 is 20.0 Å². The van der Waals surface area contributed by atoms with Gasteiger partial charge >= 0.3 is 5.97 Å². The van der Waals surface area contributed by atoms with Crippen LogP contribution in [0.4, 0.5) is 0 Å². The number of fused-ring (bicyclic) bond motifs is 1. The van der Waals surface area contributed by atoms with Crippen molar-refractivity contribution >= 4 is 29.4 Å². The van der Waals surface area contributed by atoms with Crippen LogP contribution in [0.3, 0.4) is 0 Å². The second-order valence-corrected chi connectivity index (χ2v) is 11.7. The first kappa shape index (κ1) is 24.7. The fourth-order valence-corrected chi connectivity index (χ4v) is 7.53. The first-order valence-electron chi connectivity index (χ1n) is 12.3. The fourth-order valence-electron chi connectivity index (χ4n) is 6.08. The molecule has 1 amide bonds.